The second kappa shape index (κ2) is 10.8. The van der Waals surface area contributed by atoms with Crippen molar-refractivity contribution in [3.63, 3.8) is 0 Å². The summed E-state index contributed by atoms with van der Waals surface area (Å²) < 4.78 is 19.8. The Morgan fingerprint density at radius 1 is 1.08 bits per heavy atom. The summed E-state index contributed by atoms with van der Waals surface area (Å²) in [4.78, 5) is 32.1. The maximum absolute atomic E-state index is 14.5. The molecule has 5 nitrogen and oxygen atoms in total. The first-order valence-corrected chi connectivity index (χ1v) is 12.8. The van der Waals surface area contributed by atoms with Gasteiger partial charge in [0.15, 0.2) is 11.6 Å². The van der Waals surface area contributed by atoms with Crippen molar-refractivity contribution in [1.29, 1.82) is 0 Å². The Morgan fingerprint density at radius 3 is 2.73 bits per heavy atom. The molecule has 190 valence electrons. The van der Waals surface area contributed by atoms with Gasteiger partial charge < -0.3 is 4.74 Å². The van der Waals surface area contributed by atoms with Gasteiger partial charge in [-0.3, -0.25) is 19.5 Å². The fourth-order valence-corrected chi connectivity index (χ4v) is 5.44. The van der Waals surface area contributed by atoms with Crippen LogP contribution >= 0.6 is 0 Å². The summed E-state index contributed by atoms with van der Waals surface area (Å²) in [7, 11) is 1.56. The normalized spacial score (nSPS) is 17.3. The maximum Gasteiger partial charge on any atom is 0.163 e. The molecule has 1 atom stereocenters. The minimum absolute atomic E-state index is 0.0135. The predicted molar refractivity (Wildman–Crippen MR) is 142 cm³/mol. The molecule has 2 aliphatic heterocycles. The Balaban J connectivity index is 1.28. The molecule has 0 spiro atoms. The topological polar surface area (TPSA) is 59.0 Å². The monoisotopic (exact) mass is 498 g/mol. The molecule has 0 aromatic heterocycles. The van der Waals surface area contributed by atoms with Crippen LogP contribution in [0.15, 0.2) is 65.7 Å². The van der Waals surface area contributed by atoms with Crippen LogP contribution in [0.1, 0.15) is 69.2 Å². The number of Topliss-reactive ketones (excluding diaryl/α,β-unsaturated/α-hetero) is 2. The highest BCUT2D eigenvalue weighted by Crippen LogP contribution is 2.29. The number of ketones is 2. The van der Waals surface area contributed by atoms with Crippen LogP contribution < -0.4 is 4.74 Å². The third kappa shape index (κ3) is 5.39. The molecular formula is C31H31FN2O3. The van der Waals surface area contributed by atoms with Crippen LogP contribution in [0, 0.1) is 11.7 Å². The van der Waals surface area contributed by atoms with Gasteiger partial charge in [-0.05, 0) is 62.1 Å². The Bertz CT molecular complexity index is 1380. The van der Waals surface area contributed by atoms with E-state index in [2.05, 4.69) is 4.90 Å². The van der Waals surface area contributed by atoms with Gasteiger partial charge in [0.2, 0.25) is 0 Å². The van der Waals surface area contributed by atoms with Crippen molar-refractivity contribution in [2.24, 2.45) is 10.9 Å². The number of methoxy groups -OCH3 is 1. The number of benzene rings is 3. The van der Waals surface area contributed by atoms with Gasteiger partial charge in [-0.1, -0.05) is 36.4 Å². The number of fused-ring (bicyclic) bond motifs is 1. The summed E-state index contributed by atoms with van der Waals surface area (Å²) >= 11 is 0. The number of likely N-dealkylation sites (tertiary alicyclic amines) is 1. The number of hydrogen-bond acceptors (Lipinski definition) is 5. The van der Waals surface area contributed by atoms with Crippen molar-refractivity contribution in [3.8, 4) is 5.75 Å². The average Bonchev–Trinajstić information content (AvgIpc) is 3.33. The van der Waals surface area contributed by atoms with Crippen molar-refractivity contribution in [1.82, 2.24) is 4.90 Å². The van der Waals surface area contributed by atoms with Gasteiger partial charge in [-0.15, -0.1) is 0 Å². The lowest BCUT2D eigenvalue weighted by Crippen LogP contribution is -2.36. The molecule has 1 saturated heterocycles. The van der Waals surface area contributed by atoms with E-state index >= 15 is 0 Å². The van der Waals surface area contributed by atoms with E-state index < -0.39 is 0 Å². The summed E-state index contributed by atoms with van der Waals surface area (Å²) in [6.45, 7) is 4.22. The van der Waals surface area contributed by atoms with Gasteiger partial charge in [-0.2, -0.15) is 0 Å². The number of halogens is 1. The largest absolute Gasteiger partial charge is 0.496 e. The molecule has 1 fully saturated rings. The zero-order chi connectivity index (χ0) is 25.9. The molecule has 3 aromatic carbocycles. The molecule has 0 unspecified atom stereocenters. The second-order valence-electron chi connectivity index (χ2n) is 9.97. The van der Waals surface area contributed by atoms with E-state index in [1.807, 2.05) is 36.4 Å². The Morgan fingerprint density at radius 2 is 1.92 bits per heavy atom. The van der Waals surface area contributed by atoms with Crippen molar-refractivity contribution < 1.29 is 18.7 Å². The zero-order valence-corrected chi connectivity index (χ0v) is 21.3. The highest BCUT2D eigenvalue weighted by molar-refractivity contribution is 6.16. The number of hydrogen-bond donors (Lipinski definition) is 0. The van der Waals surface area contributed by atoms with Crippen LogP contribution in [0.4, 0.5) is 4.39 Å². The minimum Gasteiger partial charge on any atom is -0.496 e. The van der Waals surface area contributed by atoms with E-state index in [0.717, 1.165) is 48.3 Å². The minimum atomic E-state index is -0.262. The standard InChI is InChI=1S/C31H31FN2O3/c1-20(35)22-7-3-8-24(15-22)31-26-16-23(11-12-25(26)17-33-31)29(36)14-21-6-5-13-34(18-21)19-27-28(32)9-4-10-30(27)37-2/h3-4,7-12,15-16,21H,5-6,13-14,17-19H2,1-2H3/t21-/m0/s1. The highest BCUT2D eigenvalue weighted by Gasteiger charge is 2.26. The number of carbonyl (C=O) groups is 2. The first kappa shape index (κ1) is 25.0. The summed E-state index contributed by atoms with van der Waals surface area (Å²) in [5.41, 5.74) is 5.67. The van der Waals surface area contributed by atoms with E-state index in [1.54, 1.807) is 32.2 Å². The first-order chi connectivity index (χ1) is 17.9. The lowest BCUT2D eigenvalue weighted by Gasteiger charge is -2.33. The fraction of sp³-hybridized carbons (Fsp3) is 0.323. The Labute approximate surface area is 217 Å². The van der Waals surface area contributed by atoms with Crippen LogP contribution in [0.25, 0.3) is 0 Å². The van der Waals surface area contributed by atoms with Gasteiger partial charge in [0.25, 0.3) is 0 Å². The fourth-order valence-electron chi connectivity index (χ4n) is 5.44. The smallest absolute Gasteiger partial charge is 0.163 e. The van der Waals surface area contributed by atoms with Gasteiger partial charge in [0.05, 0.1) is 19.4 Å². The van der Waals surface area contributed by atoms with E-state index in [-0.39, 0.29) is 23.3 Å². The lowest BCUT2D eigenvalue weighted by molar-refractivity contribution is 0.0910. The van der Waals surface area contributed by atoms with Gasteiger partial charge in [-0.25, -0.2) is 4.39 Å². The van der Waals surface area contributed by atoms with Crippen LogP contribution in [0.3, 0.4) is 0 Å². The summed E-state index contributed by atoms with van der Waals surface area (Å²) in [5.74, 6) is 0.638. The number of aliphatic imine (C=N–C) groups is 1. The number of piperidine rings is 1. The van der Waals surface area contributed by atoms with Gasteiger partial charge in [0, 0.05) is 47.3 Å². The lowest BCUT2D eigenvalue weighted by atomic mass is 9.89. The van der Waals surface area contributed by atoms with Crippen molar-refractivity contribution in [2.45, 2.75) is 39.3 Å². The molecule has 0 saturated carbocycles. The molecule has 2 aliphatic rings. The number of rotatable bonds is 8. The van der Waals surface area contributed by atoms with Crippen molar-refractivity contribution in [3.05, 3.63) is 99.9 Å². The Kier molecular flexibility index (Phi) is 7.28. The molecular weight excluding hydrogens is 467 g/mol. The van der Waals surface area contributed by atoms with Gasteiger partial charge in [0.1, 0.15) is 11.6 Å². The quantitative estimate of drug-likeness (QED) is 0.364. The number of nitrogens with zero attached hydrogens (tertiary/aromatic N) is 2. The number of carbonyl (C=O) groups excluding carboxylic acids is 2. The van der Waals surface area contributed by atoms with E-state index in [9.17, 15) is 14.0 Å². The molecule has 5 rings (SSSR count). The van der Waals surface area contributed by atoms with Crippen LogP contribution in [0.5, 0.6) is 5.75 Å². The molecule has 6 heteroatoms. The Hall–Kier alpha value is -3.64. The van der Waals surface area contributed by atoms with Crippen LogP contribution in [-0.2, 0) is 13.1 Å². The average molecular weight is 499 g/mol. The molecule has 0 N–H and O–H groups in total. The molecule has 0 bridgehead atoms. The van der Waals surface area contributed by atoms with E-state index in [4.69, 9.17) is 9.73 Å². The third-order valence-corrected chi connectivity index (χ3v) is 7.39. The van der Waals surface area contributed by atoms with Crippen LogP contribution in [0.2, 0.25) is 0 Å². The van der Waals surface area contributed by atoms with Crippen LogP contribution in [-0.4, -0.2) is 42.4 Å². The number of ether oxygens (including phenoxy) is 1. The molecule has 0 amide bonds. The van der Waals surface area contributed by atoms with Crippen molar-refractivity contribution in [2.75, 3.05) is 20.2 Å². The van der Waals surface area contributed by atoms with E-state index in [0.29, 0.717) is 42.0 Å². The first-order valence-electron chi connectivity index (χ1n) is 12.8. The molecule has 0 aliphatic carbocycles. The van der Waals surface area contributed by atoms with Crippen molar-refractivity contribution >= 4 is 17.3 Å². The predicted octanol–water partition coefficient (Wildman–Crippen LogP) is 5.87. The zero-order valence-electron chi connectivity index (χ0n) is 21.3. The maximum atomic E-state index is 14.5. The third-order valence-electron chi connectivity index (χ3n) is 7.39. The second-order valence-corrected chi connectivity index (χ2v) is 9.97. The summed E-state index contributed by atoms with van der Waals surface area (Å²) in [6.07, 6.45) is 2.41. The SMILES string of the molecule is COc1cccc(F)c1CN1CCC[C@@H](CC(=O)c2ccc3c(c2)C(c2cccc(C(C)=O)c2)=NC3)C1. The molecule has 3 aromatic rings. The molecule has 2 heterocycles. The molecule has 0 radical (unpaired) electrons. The highest BCUT2D eigenvalue weighted by atomic mass is 19.1. The summed E-state index contributed by atoms with van der Waals surface area (Å²) in [6, 6.07) is 18.2. The van der Waals surface area contributed by atoms with Gasteiger partial charge >= 0.3 is 0 Å². The molecule has 37 heavy (non-hydrogen) atoms. The summed E-state index contributed by atoms with van der Waals surface area (Å²) in [5, 5.41) is 0. The van der Waals surface area contributed by atoms with E-state index in [1.165, 1.54) is 6.07 Å².